The lowest BCUT2D eigenvalue weighted by Crippen LogP contribution is -2.45. The first-order valence-corrected chi connectivity index (χ1v) is 13.0. The summed E-state index contributed by atoms with van der Waals surface area (Å²) in [7, 11) is -4.14. The lowest BCUT2D eigenvalue weighted by molar-refractivity contribution is -0.124. The van der Waals surface area contributed by atoms with Gasteiger partial charge in [-0.2, -0.15) is 4.31 Å². The number of benzene rings is 2. The Kier molecular flexibility index (Phi) is 6.90. The topological polar surface area (TPSA) is 102 Å². The van der Waals surface area contributed by atoms with E-state index in [1.165, 1.54) is 36.4 Å². The zero-order chi connectivity index (χ0) is 26.0. The number of furan rings is 1. The van der Waals surface area contributed by atoms with Crippen molar-refractivity contribution in [3.63, 3.8) is 0 Å². The van der Waals surface area contributed by atoms with Gasteiger partial charge in [-0.15, -0.1) is 0 Å². The highest BCUT2D eigenvalue weighted by Crippen LogP contribution is 2.30. The highest BCUT2D eigenvalue weighted by molar-refractivity contribution is 7.89. The van der Waals surface area contributed by atoms with E-state index in [9.17, 15) is 22.0 Å². The number of amides is 1. The Labute approximate surface area is 211 Å². The van der Waals surface area contributed by atoms with Crippen LogP contribution in [0.25, 0.3) is 11.0 Å². The Morgan fingerprint density at radius 2 is 1.86 bits per heavy atom. The van der Waals surface area contributed by atoms with E-state index in [0.717, 1.165) is 9.87 Å². The fourth-order valence-corrected chi connectivity index (χ4v) is 5.89. The van der Waals surface area contributed by atoms with Gasteiger partial charge < -0.3 is 14.5 Å². The van der Waals surface area contributed by atoms with Gasteiger partial charge in [0.15, 0.2) is 0 Å². The Morgan fingerprint density at radius 1 is 1.05 bits per heavy atom. The summed E-state index contributed by atoms with van der Waals surface area (Å²) < 4.78 is 66.4. The summed E-state index contributed by atoms with van der Waals surface area (Å²) in [6, 6.07) is 11.7. The van der Waals surface area contributed by atoms with Crippen LogP contribution in [0.5, 0.6) is 5.75 Å². The largest absolute Gasteiger partial charge is 0.489 e. The molecule has 0 aliphatic carbocycles. The molecule has 8 nitrogen and oxygen atoms in total. The second-order valence-electron chi connectivity index (χ2n) is 8.68. The molecule has 1 aliphatic heterocycles. The minimum absolute atomic E-state index is 0.0173. The number of halogens is 2. The van der Waals surface area contributed by atoms with E-state index in [1.807, 2.05) is 0 Å². The molecule has 1 atom stereocenters. The fraction of sp³-hybridized carbons (Fsp3) is 0.231. The Balaban J connectivity index is 1.26. The summed E-state index contributed by atoms with van der Waals surface area (Å²) in [5, 5.41) is 2.66. The van der Waals surface area contributed by atoms with Gasteiger partial charge in [0, 0.05) is 43.0 Å². The molecule has 192 valence electrons. The third-order valence-electron chi connectivity index (χ3n) is 6.08. The number of hydrogen-bond acceptors (Lipinski definition) is 6. The number of nitrogens with zero attached hydrogens (tertiary/aromatic N) is 2. The number of pyridine rings is 1. The van der Waals surface area contributed by atoms with Crippen molar-refractivity contribution in [2.75, 3.05) is 6.54 Å². The van der Waals surface area contributed by atoms with Crippen LogP contribution in [0.4, 0.5) is 8.78 Å². The molecular weight excluding hydrogens is 504 g/mol. The molecule has 4 aromatic rings. The molecular formula is C26H23F2N3O5S. The molecule has 37 heavy (non-hydrogen) atoms. The third kappa shape index (κ3) is 5.47. The Bertz CT molecular complexity index is 1540. The molecule has 11 heteroatoms. The summed E-state index contributed by atoms with van der Waals surface area (Å²) >= 11 is 0. The zero-order valence-electron chi connectivity index (χ0n) is 19.6. The predicted molar refractivity (Wildman–Crippen MR) is 130 cm³/mol. The second-order valence-corrected chi connectivity index (χ2v) is 10.5. The first kappa shape index (κ1) is 24.8. The second kappa shape index (κ2) is 10.3. The van der Waals surface area contributed by atoms with Gasteiger partial charge in [0.05, 0.1) is 0 Å². The molecule has 1 unspecified atom stereocenters. The van der Waals surface area contributed by atoms with Crippen LogP contribution in [0.3, 0.4) is 0 Å². The van der Waals surface area contributed by atoms with E-state index in [2.05, 4.69) is 10.3 Å². The van der Waals surface area contributed by atoms with Crippen LogP contribution in [0.2, 0.25) is 0 Å². The summed E-state index contributed by atoms with van der Waals surface area (Å²) in [6.45, 7) is 0.344. The van der Waals surface area contributed by atoms with Crippen molar-refractivity contribution in [1.29, 1.82) is 0 Å². The normalized spacial score (nSPS) is 16.2. The maximum Gasteiger partial charge on any atom is 0.277 e. The van der Waals surface area contributed by atoms with Gasteiger partial charge >= 0.3 is 0 Å². The molecule has 1 fully saturated rings. The minimum atomic E-state index is -4.14. The van der Waals surface area contributed by atoms with Crippen molar-refractivity contribution in [2.45, 2.75) is 37.1 Å². The number of carbonyl (C=O) groups is 1. The van der Waals surface area contributed by atoms with Crippen molar-refractivity contribution in [1.82, 2.24) is 14.6 Å². The molecule has 0 saturated carbocycles. The third-order valence-corrected chi connectivity index (χ3v) is 7.84. The zero-order valence-corrected chi connectivity index (χ0v) is 20.4. The SMILES string of the molecule is O=C(NCc1cc(F)cc(OCc2ccncc2)c1)C1CCCN1S(=O)(=O)c1cc2cc(F)ccc2o1. The van der Waals surface area contributed by atoms with Gasteiger partial charge in [0.2, 0.25) is 11.0 Å². The lowest BCUT2D eigenvalue weighted by atomic mass is 10.2. The van der Waals surface area contributed by atoms with Gasteiger partial charge in [0.25, 0.3) is 10.0 Å². The average Bonchev–Trinajstić information content (AvgIpc) is 3.55. The molecule has 0 spiro atoms. The molecule has 3 heterocycles. The number of aromatic nitrogens is 1. The Hall–Kier alpha value is -3.83. The van der Waals surface area contributed by atoms with E-state index >= 15 is 0 Å². The number of hydrogen-bond donors (Lipinski definition) is 1. The molecule has 1 amide bonds. The fourth-order valence-electron chi connectivity index (χ4n) is 4.28. The van der Waals surface area contributed by atoms with Crippen LogP contribution in [-0.2, 0) is 28.0 Å². The minimum Gasteiger partial charge on any atom is -0.489 e. The van der Waals surface area contributed by atoms with E-state index in [4.69, 9.17) is 9.15 Å². The molecule has 1 aliphatic rings. The van der Waals surface area contributed by atoms with Crippen LogP contribution in [-0.4, -0.2) is 36.2 Å². The maximum atomic E-state index is 14.2. The molecule has 1 saturated heterocycles. The monoisotopic (exact) mass is 527 g/mol. The number of rotatable bonds is 8. The van der Waals surface area contributed by atoms with Crippen molar-refractivity contribution >= 4 is 26.9 Å². The highest BCUT2D eigenvalue weighted by Gasteiger charge is 2.41. The van der Waals surface area contributed by atoms with Gasteiger partial charge in [-0.1, -0.05) is 0 Å². The van der Waals surface area contributed by atoms with Gasteiger partial charge in [-0.05, 0) is 66.4 Å². The van der Waals surface area contributed by atoms with Gasteiger partial charge in [0.1, 0.15) is 35.6 Å². The summed E-state index contributed by atoms with van der Waals surface area (Å²) in [5.74, 6) is -1.25. The van der Waals surface area contributed by atoms with Crippen molar-refractivity contribution < 1.29 is 31.1 Å². The molecule has 2 aromatic carbocycles. The van der Waals surface area contributed by atoms with E-state index in [0.29, 0.717) is 29.5 Å². The van der Waals surface area contributed by atoms with Crippen molar-refractivity contribution in [3.8, 4) is 5.75 Å². The van der Waals surface area contributed by atoms with Crippen molar-refractivity contribution in [3.05, 3.63) is 89.8 Å². The van der Waals surface area contributed by atoms with E-state index < -0.39 is 33.6 Å². The molecule has 5 rings (SSSR count). The van der Waals surface area contributed by atoms with E-state index in [-0.39, 0.29) is 30.4 Å². The quantitative estimate of drug-likeness (QED) is 0.369. The number of sulfonamides is 1. The first-order valence-electron chi connectivity index (χ1n) is 11.6. The highest BCUT2D eigenvalue weighted by atomic mass is 32.2. The molecule has 0 radical (unpaired) electrons. The number of carbonyl (C=O) groups excluding carboxylic acids is 1. The summed E-state index contributed by atoms with van der Waals surface area (Å²) in [6.07, 6.45) is 4.07. The van der Waals surface area contributed by atoms with E-state index in [1.54, 1.807) is 30.6 Å². The van der Waals surface area contributed by atoms with Gasteiger partial charge in [-0.3, -0.25) is 9.78 Å². The van der Waals surface area contributed by atoms with Crippen LogP contribution in [0, 0.1) is 11.6 Å². The summed E-state index contributed by atoms with van der Waals surface area (Å²) in [4.78, 5) is 16.9. The Morgan fingerprint density at radius 3 is 2.68 bits per heavy atom. The van der Waals surface area contributed by atoms with Crippen LogP contribution in [0.15, 0.2) is 76.5 Å². The van der Waals surface area contributed by atoms with Crippen molar-refractivity contribution in [2.24, 2.45) is 0 Å². The smallest absolute Gasteiger partial charge is 0.277 e. The van der Waals surface area contributed by atoms with Crippen LogP contribution >= 0.6 is 0 Å². The first-order chi connectivity index (χ1) is 17.8. The molecule has 1 N–H and O–H groups in total. The predicted octanol–water partition coefficient (Wildman–Crippen LogP) is 4.15. The molecule has 2 aromatic heterocycles. The van der Waals surface area contributed by atoms with Gasteiger partial charge in [-0.25, -0.2) is 17.2 Å². The number of ether oxygens (including phenoxy) is 1. The van der Waals surface area contributed by atoms with Crippen LogP contribution < -0.4 is 10.1 Å². The summed E-state index contributed by atoms with van der Waals surface area (Å²) in [5.41, 5.74) is 1.56. The lowest BCUT2D eigenvalue weighted by Gasteiger charge is -2.22. The molecule has 0 bridgehead atoms. The number of nitrogens with one attached hydrogen (secondary N) is 1. The van der Waals surface area contributed by atoms with Crippen LogP contribution in [0.1, 0.15) is 24.0 Å². The average molecular weight is 528 g/mol. The standard InChI is InChI=1S/C26H23F2N3O5S/c27-20-3-4-24-19(12-20)13-25(36-24)37(33,34)31-9-1-2-23(31)26(32)30-15-18-10-21(28)14-22(11-18)35-16-17-5-7-29-8-6-17/h3-8,10-14,23H,1-2,9,15-16H2,(H,30,32). The number of fused-ring (bicyclic) bond motifs is 1. The maximum absolute atomic E-state index is 14.2.